The number of likely N-dealkylation sites (tertiary alicyclic amines) is 1. The van der Waals surface area contributed by atoms with E-state index in [-0.39, 0.29) is 24.0 Å². The molecule has 104 valence electrons. The highest BCUT2D eigenvalue weighted by Crippen LogP contribution is 2.35. The van der Waals surface area contributed by atoms with Crippen molar-refractivity contribution in [1.29, 1.82) is 0 Å². The molecule has 19 heavy (non-hydrogen) atoms. The first-order valence-corrected chi connectivity index (χ1v) is 7.12. The molecule has 3 rings (SSSR count). The van der Waals surface area contributed by atoms with Gasteiger partial charge in [0.2, 0.25) is 0 Å². The van der Waals surface area contributed by atoms with Crippen molar-refractivity contribution in [2.75, 3.05) is 6.54 Å². The molecule has 6 heteroatoms. The maximum absolute atomic E-state index is 12.4. The maximum atomic E-state index is 12.4. The number of amides is 1. The summed E-state index contributed by atoms with van der Waals surface area (Å²) in [5.74, 6) is 0.168. The van der Waals surface area contributed by atoms with E-state index in [2.05, 4.69) is 15.4 Å². The largest absolute Gasteiger partial charge is 0.393 e. The lowest BCUT2D eigenvalue weighted by Crippen LogP contribution is -2.45. The van der Waals surface area contributed by atoms with E-state index in [9.17, 15) is 9.90 Å². The molecule has 2 heterocycles. The van der Waals surface area contributed by atoms with Crippen LogP contribution in [0.3, 0.4) is 0 Å². The summed E-state index contributed by atoms with van der Waals surface area (Å²) in [6.45, 7) is 0.763. The van der Waals surface area contributed by atoms with E-state index in [1.54, 1.807) is 0 Å². The second kappa shape index (κ2) is 5.28. The van der Waals surface area contributed by atoms with Gasteiger partial charge < -0.3 is 10.0 Å². The SMILES string of the molecule is O=C(c1cn[nH]n1)N1CCCC1C1CCCCC1O. The van der Waals surface area contributed by atoms with Crippen LogP contribution in [0, 0.1) is 5.92 Å². The Labute approximate surface area is 112 Å². The van der Waals surface area contributed by atoms with E-state index in [4.69, 9.17) is 0 Å². The van der Waals surface area contributed by atoms with Crippen LogP contribution < -0.4 is 0 Å². The van der Waals surface area contributed by atoms with Crippen molar-refractivity contribution in [2.45, 2.75) is 50.7 Å². The van der Waals surface area contributed by atoms with Gasteiger partial charge in [0, 0.05) is 18.5 Å². The minimum absolute atomic E-state index is 0.0611. The van der Waals surface area contributed by atoms with Gasteiger partial charge in [-0.3, -0.25) is 4.79 Å². The fraction of sp³-hybridized carbons (Fsp3) is 0.769. The Morgan fingerprint density at radius 3 is 2.89 bits per heavy atom. The van der Waals surface area contributed by atoms with Crippen LogP contribution in [0.25, 0.3) is 0 Å². The zero-order valence-electron chi connectivity index (χ0n) is 11.0. The molecule has 0 radical (unpaired) electrons. The first-order valence-electron chi connectivity index (χ1n) is 7.12. The number of carbonyl (C=O) groups excluding carboxylic acids is 1. The molecule has 0 spiro atoms. The highest BCUT2D eigenvalue weighted by molar-refractivity contribution is 5.92. The van der Waals surface area contributed by atoms with Gasteiger partial charge in [-0.05, 0) is 25.7 Å². The Kier molecular flexibility index (Phi) is 3.50. The molecule has 6 nitrogen and oxygen atoms in total. The molecule has 0 bridgehead atoms. The van der Waals surface area contributed by atoms with Crippen LogP contribution in [-0.2, 0) is 0 Å². The number of hydrogen-bond donors (Lipinski definition) is 2. The molecular weight excluding hydrogens is 244 g/mol. The second-order valence-corrected chi connectivity index (χ2v) is 5.58. The number of aliphatic hydroxyl groups excluding tert-OH is 1. The van der Waals surface area contributed by atoms with Gasteiger partial charge >= 0.3 is 0 Å². The van der Waals surface area contributed by atoms with Crippen molar-refractivity contribution in [3.8, 4) is 0 Å². The van der Waals surface area contributed by atoms with Crippen LogP contribution in [0.15, 0.2) is 6.20 Å². The van der Waals surface area contributed by atoms with Crippen LogP contribution >= 0.6 is 0 Å². The summed E-state index contributed by atoms with van der Waals surface area (Å²) < 4.78 is 0. The summed E-state index contributed by atoms with van der Waals surface area (Å²) >= 11 is 0. The van der Waals surface area contributed by atoms with Gasteiger partial charge in [-0.15, -0.1) is 0 Å². The molecule has 1 amide bonds. The van der Waals surface area contributed by atoms with Crippen LogP contribution in [0.2, 0.25) is 0 Å². The molecule has 1 aromatic rings. The van der Waals surface area contributed by atoms with Gasteiger partial charge in [-0.1, -0.05) is 12.8 Å². The number of aliphatic hydroxyl groups is 1. The fourth-order valence-corrected chi connectivity index (χ4v) is 3.53. The highest BCUT2D eigenvalue weighted by atomic mass is 16.3. The molecule has 2 N–H and O–H groups in total. The van der Waals surface area contributed by atoms with E-state index in [1.807, 2.05) is 4.90 Å². The van der Waals surface area contributed by atoms with Crippen molar-refractivity contribution in [3.05, 3.63) is 11.9 Å². The summed E-state index contributed by atoms with van der Waals surface area (Å²) in [6.07, 6.45) is 7.36. The minimum atomic E-state index is -0.260. The zero-order valence-corrected chi connectivity index (χ0v) is 11.0. The minimum Gasteiger partial charge on any atom is -0.393 e. The molecule has 2 fully saturated rings. The van der Waals surface area contributed by atoms with E-state index >= 15 is 0 Å². The molecule has 1 saturated carbocycles. The molecular formula is C13H20N4O2. The smallest absolute Gasteiger partial charge is 0.276 e. The van der Waals surface area contributed by atoms with Crippen molar-refractivity contribution in [2.24, 2.45) is 5.92 Å². The van der Waals surface area contributed by atoms with E-state index in [0.29, 0.717) is 5.69 Å². The average molecular weight is 264 g/mol. The average Bonchev–Trinajstić information content (AvgIpc) is 3.10. The molecule has 3 unspecified atom stereocenters. The number of carbonyl (C=O) groups is 1. The predicted octanol–water partition coefficient (Wildman–Crippen LogP) is 0.960. The van der Waals surface area contributed by atoms with Gasteiger partial charge in [-0.2, -0.15) is 15.4 Å². The number of aromatic nitrogens is 3. The van der Waals surface area contributed by atoms with Crippen molar-refractivity contribution >= 4 is 5.91 Å². The summed E-state index contributed by atoms with van der Waals surface area (Å²) in [7, 11) is 0. The van der Waals surface area contributed by atoms with Gasteiger partial charge in [0.25, 0.3) is 5.91 Å². The van der Waals surface area contributed by atoms with E-state index < -0.39 is 0 Å². The van der Waals surface area contributed by atoms with Gasteiger partial charge in [0.1, 0.15) is 0 Å². The topological polar surface area (TPSA) is 82.1 Å². The van der Waals surface area contributed by atoms with E-state index in [1.165, 1.54) is 6.20 Å². The highest BCUT2D eigenvalue weighted by Gasteiger charge is 2.39. The molecule has 1 aliphatic carbocycles. The Hall–Kier alpha value is -1.43. The second-order valence-electron chi connectivity index (χ2n) is 5.58. The number of nitrogens with one attached hydrogen (secondary N) is 1. The molecule has 0 aromatic carbocycles. The lowest BCUT2D eigenvalue weighted by atomic mass is 9.80. The summed E-state index contributed by atoms with van der Waals surface area (Å²) in [4.78, 5) is 14.3. The third-order valence-corrected chi connectivity index (χ3v) is 4.47. The first kappa shape index (κ1) is 12.6. The third-order valence-electron chi connectivity index (χ3n) is 4.47. The lowest BCUT2D eigenvalue weighted by molar-refractivity contribution is 0.0209. The maximum Gasteiger partial charge on any atom is 0.276 e. The molecule has 1 aromatic heterocycles. The summed E-state index contributed by atoms with van der Waals surface area (Å²) in [6, 6.07) is 0.166. The Morgan fingerprint density at radius 2 is 2.16 bits per heavy atom. The number of rotatable bonds is 2. The van der Waals surface area contributed by atoms with Gasteiger partial charge in [0.15, 0.2) is 5.69 Å². The van der Waals surface area contributed by atoms with Crippen molar-refractivity contribution in [3.63, 3.8) is 0 Å². The molecule has 1 aliphatic heterocycles. The van der Waals surface area contributed by atoms with Gasteiger partial charge in [-0.25, -0.2) is 0 Å². The number of H-pyrrole nitrogens is 1. The quantitative estimate of drug-likeness (QED) is 0.833. The Balaban J connectivity index is 1.75. The van der Waals surface area contributed by atoms with Crippen molar-refractivity contribution in [1.82, 2.24) is 20.3 Å². The Morgan fingerprint density at radius 1 is 1.32 bits per heavy atom. The molecule has 2 aliphatic rings. The normalized spacial score (nSPS) is 31.6. The zero-order chi connectivity index (χ0) is 13.2. The summed E-state index contributed by atoms with van der Waals surface area (Å²) in [5.41, 5.74) is 0.372. The number of aromatic amines is 1. The van der Waals surface area contributed by atoms with E-state index in [0.717, 1.165) is 45.1 Å². The standard InChI is InChI=1S/C13H20N4O2/c18-12-6-2-1-4-9(12)11-5-3-7-17(11)13(19)10-8-14-16-15-10/h8-9,11-12,18H,1-7H2,(H,14,15,16). The fourth-order valence-electron chi connectivity index (χ4n) is 3.53. The van der Waals surface area contributed by atoms with Crippen molar-refractivity contribution < 1.29 is 9.90 Å². The van der Waals surface area contributed by atoms with Crippen LogP contribution in [0.1, 0.15) is 49.0 Å². The number of hydrogen-bond acceptors (Lipinski definition) is 4. The Bertz CT molecular complexity index is 434. The van der Waals surface area contributed by atoms with Crippen LogP contribution in [0.4, 0.5) is 0 Å². The first-order chi connectivity index (χ1) is 9.27. The molecule has 3 atom stereocenters. The van der Waals surface area contributed by atoms with Gasteiger partial charge in [0.05, 0.1) is 12.3 Å². The molecule has 1 saturated heterocycles. The lowest BCUT2D eigenvalue weighted by Gasteiger charge is -2.36. The summed E-state index contributed by atoms with van der Waals surface area (Å²) in [5, 5.41) is 20.2. The number of nitrogens with zero attached hydrogens (tertiary/aromatic N) is 3. The van der Waals surface area contributed by atoms with Crippen LogP contribution in [0.5, 0.6) is 0 Å². The predicted molar refractivity (Wildman–Crippen MR) is 68.4 cm³/mol. The van der Waals surface area contributed by atoms with Crippen LogP contribution in [-0.4, -0.2) is 50.0 Å². The third kappa shape index (κ3) is 2.36. The monoisotopic (exact) mass is 264 g/mol.